The van der Waals surface area contributed by atoms with Crippen LogP contribution in [0.15, 0.2) is 12.1 Å². The molecule has 0 aromatic heterocycles. The number of benzene rings is 1. The topological polar surface area (TPSA) is 98.7 Å². The third kappa shape index (κ3) is 1.13. The maximum atomic E-state index is 9.03. The van der Waals surface area contributed by atoms with Crippen molar-refractivity contribution < 1.29 is 15.3 Å². The molecule has 0 saturated carbocycles. The van der Waals surface area contributed by atoms with Crippen LogP contribution in [0.3, 0.4) is 0 Å². The second-order valence-electron chi connectivity index (χ2n) is 1.97. The lowest BCUT2D eigenvalue weighted by molar-refractivity contribution is 0.369. The van der Waals surface area contributed by atoms with Gasteiger partial charge in [-0.3, -0.25) is 5.84 Å². The number of anilines is 1. The van der Waals surface area contributed by atoms with Gasteiger partial charge in [-0.25, -0.2) is 0 Å². The molecule has 11 heavy (non-hydrogen) atoms. The molecule has 5 nitrogen and oxygen atoms in total. The molecule has 1 rings (SSSR count). The summed E-state index contributed by atoms with van der Waals surface area (Å²) >= 11 is 0. The number of rotatable bonds is 1. The second kappa shape index (κ2) is 2.55. The molecule has 0 radical (unpaired) electrons. The van der Waals surface area contributed by atoms with Gasteiger partial charge in [0.15, 0.2) is 11.5 Å². The van der Waals surface area contributed by atoms with Crippen molar-refractivity contribution in [2.45, 2.75) is 0 Å². The molecule has 0 amide bonds. The Morgan fingerprint density at radius 3 is 2.27 bits per heavy atom. The van der Waals surface area contributed by atoms with Gasteiger partial charge in [-0.2, -0.15) is 0 Å². The SMILES string of the molecule is NNc1ccc(O)c(O)c1O. The summed E-state index contributed by atoms with van der Waals surface area (Å²) < 4.78 is 0. The predicted octanol–water partition coefficient (Wildman–Crippen LogP) is 0.0890. The number of aromatic hydroxyl groups is 3. The van der Waals surface area contributed by atoms with Crippen LogP contribution in [0, 0.1) is 0 Å². The number of hydrazine groups is 1. The van der Waals surface area contributed by atoms with Gasteiger partial charge in [0.2, 0.25) is 5.75 Å². The summed E-state index contributed by atoms with van der Waals surface area (Å²) in [5.41, 5.74) is 2.30. The summed E-state index contributed by atoms with van der Waals surface area (Å²) in [4.78, 5) is 0. The first-order valence-corrected chi connectivity index (χ1v) is 2.87. The molecule has 0 aliphatic rings. The number of hydrogen-bond acceptors (Lipinski definition) is 5. The van der Waals surface area contributed by atoms with Crippen LogP contribution >= 0.6 is 0 Å². The Bertz CT molecular complexity index is 275. The zero-order valence-corrected chi connectivity index (χ0v) is 5.57. The van der Waals surface area contributed by atoms with E-state index in [1.807, 2.05) is 0 Å². The van der Waals surface area contributed by atoms with E-state index in [9.17, 15) is 0 Å². The highest BCUT2D eigenvalue weighted by molar-refractivity contribution is 5.65. The Balaban J connectivity index is 3.25. The fourth-order valence-corrected chi connectivity index (χ4v) is 0.685. The van der Waals surface area contributed by atoms with Gasteiger partial charge in [0.1, 0.15) is 0 Å². The highest BCUT2D eigenvalue weighted by Crippen LogP contribution is 2.39. The molecule has 0 spiro atoms. The van der Waals surface area contributed by atoms with Gasteiger partial charge in [-0.1, -0.05) is 0 Å². The lowest BCUT2D eigenvalue weighted by atomic mass is 10.2. The number of nitrogens with two attached hydrogens (primary N) is 1. The van der Waals surface area contributed by atoms with Crippen LogP contribution in [0.5, 0.6) is 17.2 Å². The summed E-state index contributed by atoms with van der Waals surface area (Å²) in [6.07, 6.45) is 0. The average molecular weight is 156 g/mol. The van der Waals surface area contributed by atoms with Crippen LogP contribution < -0.4 is 11.3 Å². The largest absolute Gasteiger partial charge is 0.504 e. The first-order valence-electron chi connectivity index (χ1n) is 2.87. The molecule has 0 unspecified atom stereocenters. The van der Waals surface area contributed by atoms with E-state index in [2.05, 4.69) is 5.43 Å². The van der Waals surface area contributed by atoms with Crippen LogP contribution in [0.4, 0.5) is 5.69 Å². The van der Waals surface area contributed by atoms with Gasteiger partial charge in [0, 0.05) is 0 Å². The minimum atomic E-state index is -0.583. The molecule has 0 fully saturated rings. The summed E-state index contributed by atoms with van der Waals surface area (Å²) in [6.45, 7) is 0. The predicted molar refractivity (Wildman–Crippen MR) is 39.2 cm³/mol. The van der Waals surface area contributed by atoms with Crippen molar-refractivity contribution >= 4 is 5.69 Å². The second-order valence-corrected chi connectivity index (χ2v) is 1.97. The van der Waals surface area contributed by atoms with Crippen molar-refractivity contribution in [1.82, 2.24) is 0 Å². The standard InChI is InChI=1S/C6H8N2O3/c7-8-3-1-2-4(9)6(11)5(3)10/h1-2,8-11H,7H2. The van der Waals surface area contributed by atoms with E-state index in [1.54, 1.807) is 0 Å². The molecular formula is C6H8N2O3. The third-order valence-corrected chi connectivity index (χ3v) is 1.29. The van der Waals surface area contributed by atoms with Crippen LogP contribution in [0.1, 0.15) is 0 Å². The molecule has 5 heteroatoms. The minimum Gasteiger partial charge on any atom is -0.504 e. The molecule has 0 bridgehead atoms. The molecule has 0 aliphatic carbocycles. The monoisotopic (exact) mass is 156 g/mol. The fraction of sp³-hybridized carbons (Fsp3) is 0. The van der Waals surface area contributed by atoms with E-state index in [0.717, 1.165) is 0 Å². The third-order valence-electron chi connectivity index (χ3n) is 1.29. The van der Waals surface area contributed by atoms with Gasteiger partial charge in [-0.05, 0) is 12.1 Å². The van der Waals surface area contributed by atoms with E-state index in [0.29, 0.717) is 0 Å². The molecule has 0 saturated heterocycles. The molecule has 0 atom stereocenters. The van der Waals surface area contributed by atoms with Crippen LogP contribution in [-0.4, -0.2) is 15.3 Å². The Hall–Kier alpha value is -1.62. The number of phenols is 3. The summed E-state index contributed by atoms with van der Waals surface area (Å²) in [5, 5.41) is 26.8. The Morgan fingerprint density at radius 1 is 1.09 bits per heavy atom. The molecular weight excluding hydrogens is 148 g/mol. The fourth-order valence-electron chi connectivity index (χ4n) is 0.685. The lowest BCUT2D eigenvalue weighted by Crippen LogP contribution is -2.06. The first kappa shape index (κ1) is 7.49. The van der Waals surface area contributed by atoms with E-state index in [4.69, 9.17) is 21.2 Å². The van der Waals surface area contributed by atoms with E-state index < -0.39 is 11.5 Å². The maximum absolute atomic E-state index is 9.03. The Morgan fingerprint density at radius 2 is 1.73 bits per heavy atom. The average Bonchev–Trinajstić information content (AvgIpc) is 2.01. The molecule has 1 aromatic rings. The summed E-state index contributed by atoms with van der Waals surface area (Å²) in [5.74, 6) is 3.53. The minimum absolute atomic E-state index is 0.153. The maximum Gasteiger partial charge on any atom is 0.202 e. The van der Waals surface area contributed by atoms with Crippen molar-refractivity contribution in [3.05, 3.63) is 12.1 Å². The highest BCUT2D eigenvalue weighted by Gasteiger charge is 2.08. The first-order chi connectivity index (χ1) is 5.16. The van der Waals surface area contributed by atoms with Gasteiger partial charge in [-0.15, -0.1) is 0 Å². The van der Waals surface area contributed by atoms with Crippen molar-refractivity contribution in [3.8, 4) is 17.2 Å². The van der Waals surface area contributed by atoms with E-state index >= 15 is 0 Å². The molecule has 6 N–H and O–H groups in total. The van der Waals surface area contributed by atoms with E-state index in [-0.39, 0.29) is 11.4 Å². The van der Waals surface area contributed by atoms with E-state index in [1.165, 1.54) is 12.1 Å². The van der Waals surface area contributed by atoms with Crippen molar-refractivity contribution in [2.24, 2.45) is 5.84 Å². The summed E-state index contributed by atoms with van der Waals surface area (Å²) in [7, 11) is 0. The molecule has 0 aliphatic heterocycles. The normalized spacial score (nSPS) is 9.55. The van der Waals surface area contributed by atoms with Crippen LogP contribution in [0.25, 0.3) is 0 Å². The zero-order valence-electron chi connectivity index (χ0n) is 5.57. The van der Waals surface area contributed by atoms with Crippen LogP contribution in [-0.2, 0) is 0 Å². The highest BCUT2D eigenvalue weighted by atomic mass is 16.3. The van der Waals surface area contributed by atoms with Crippen LogP contribution in [0.2, 0.25) is 0 Å². The van der Waals surface area contributed by atoms with Gasteiger partial charge < -0.3 is 20.7 Å². The van der Waals surface area contributed by atoms with Gasteiger partial charge in [0.05, 0.1) is 5.69 Å². The summed E-state index contributed by atoms with van der Waals surface area (Å²) in [6, 6.07) is 2.55. The Kier molecular flexibility index (Phi) is 1.74. The lowest BCUT2D eigenvalue weighted by Gasteiger charge is -2.05. The molecule has 1 aromatic carbocycles. The van der Waals surface area contributed by atoms with Gasteiger partial charge in [0.25, 0.3) is 0 Å². The number of nitrogens with one attached hydrogen (secondary N) is 1. The van der Waals surface area contributed by atoms with Crippen molar-refractivity contribution in [2.75, 3.05) is 5.43 Å². The number of nitrogen functional groups attached to an aromatic ring is 1. The Labute approximate surface area is 62.7 Å². The quantitative estimate of drug-likeness (QED) is 0.172. The number of hydrogen-bond donors (Lipinski definition) is 5. The molecule has 60 valence electrons. The zero-order chi connectivity index (χ0) is 8.43. The smallest absolute Gasteiger partial charge is 0.202 e. The van der Waals surface area contributed by atoms with Crippen molar-refractivity contribution in [3.63, 3.8) is 0 Å². The van der Waals surface area contributed by atoms with Gasteiger partial charge >= 0.3 is 0 Å². The number of phenolic OH excluding ortho intramolecular Hbond substituents is 3. The molecule has 0 heterocycles. The van der Waals surface area contributed by atoms with Crippen molar-refractivity contribution in [1.29, 1.82) is 0 Å².